The van der Waals surface area contributed by atoms with E-state index in [1.165, 1.54) is 23.3 Å². The van der Waals surface area contributed by atoms with Crippen molar-refractivity contribution in [2.24, 2.45) is 51.2 Å². The molecular formula is C38H41F3N4O3. The van der Waals surface area contributed by atoms with E-state index in [1.54, 1.807) is 0 Å². The molecule has 0 radical (unpaired) electrons. The smallest absolute Gasteiger partial charge is 0.295 e. The minimum absolute atomic E-state index is 0.00370. The number of nitriles is 1. The van der Waals surface area contributed by atoms with Gasteiger partial charge in [0.15, 0.2) is 11.6 Å². The Morgan fingerprint density at radius 1 is 1.02 bits per heavy atom. The van der Waals surface area contributed by atoms with Crippen LogP contribution in [0.3, 0.4) is 0 Å². The number of halogens is 3. The molecule has 0 aliphatic heterocycles. The molecule has 2 heterocycles. The predicted molar refractivity (Wildman–Crippen MR) is 171 cm³/mol. The Kier molecular flexibility index (Phi) is 7.19. The zero-order valence-electron chi connectivity index (χ0n) is 28.0. The lowest BCUT2D eigenvalue weighted by molar-refractivity contribution is -0.142. The zero-order chi connectivity index (χ0) is 34.6. The van der Waals surface area contributed by atoms with Crippen molar-refractivity contribution in [3.63, 3.8) is 0 Å². The number of ketones is 2. The van der Waals surface area contributed by atoms with Gasteiger partial charge in [0.25, 0.3) is 0 Å². The van der Waals surface area contributed by atoms with Crippen LogP contribution in [0.4, 0.5) is 13.2 Å². The van der Waals surface area contributed by atoms with Gasteiger partial charge in [-0.05, 0) is 85.7 Å². The lowest BCUT2D eigenvalue weighted by Gasteiger charge is -2.64. The van der Waals surface area contributed by atoms with Gasteiger partial charge in [-0.25, -0.2) is 4.98 Å². The van der Waals surface area contributed by atoms with Crippen LogP contribution in [0, 0.1) is 62.6 Å². The maximum absolute atomic E-state index is 14.7. The first kappa shape index (κ1) is 32.7. The van der Waals surface area contributed by atoms with Gasteiger partial charge < -0.3 is 0 Å². The summed E-state index contributed by atoms with van der Waals surface area (Å²) in [6.07, 6.45) is 9.06. The van der Waals surface area contributed by atoms with Crippen LogP contribution < -0.4 is 0 Å². The summed E-state index contributed by atoms with van der Waals surface area (Å²) in [6.45, 7) is 10.6. The highest BCUT2D eigenvalue weighted by atomic mass is 19.4. The minimum Gasteiger partial charge on any atom is -0.295 e. The lowest BCUT2D eigenvalue weighted by atomic mass is 9.39. The van der Waals surface area contributed by atoms with Crippen LogP contribution in [0.25, 0.3) is 11.3 Å². The fraction of sp³-hybridized carbons (Fsp3) is 0.579. The lowest BCUT2D eigenvalue weighted by Crippen LogP contribution is -2.61. The Labute approximate surface area is 278 Å². The monoisotopic (exact) mass is 658 g/mol. The van der Waals surface area contributed by atoms with Crippen LogP contribution in [-0.4, -0.2) is 32.0 Å². The number of hydrogen-bond acceptors (Lipinski definition) is 6. The molecule has 5 aliphatic carbocycles. The molecule has 0 N–H and O–H groups in total. The van der Waals surface area contributed by atoms with Gasteiger partial charge in [0.05, 0.1) is 22.2 Å². The maximum atomic E-state index is 14.7. The van der Waals surface area contributed by atoms with E-state index in [0.29, 0.717) is 25.7 Å². The van der Waals surface area contributed by atoms with E-state index in [2.05, 4.69) is 43.7 Å². The van der Waals surface area contributed by atoms with E-state index in [4.69, 9.17) is 0 Å². The largest absolute Gasteiger partial charge is 0.417 e. The summed E-state index contributed by atoms with van der Waals surface area (Å²) in [5.41, 5.74) is -1.13. The summed E-state index contributed by atoms with van der Waals surface area (Å²) < 4.78 is 41.6. The molecule has 2 aromatic heterocycles. The number of aromatic nitrogens is 3. The van der Waals surface area contributed by atoms with Crippen molar-refractivity contribution >= 4 is 17.5 Å². The third-order valence-electron chi connectivity index (χ3n) is 13.3. The minimum atomic E-state index is -4.56. The van der Waals surface area contributed by atoms with Crippen molar-refractivity contribution in [1.82, 2.24) is 14.5 Å². The first-order chi connectivity index (χ1) is 22.4. The number of imidazole rings is 1. The van der Waals surface area contributed by atoms with Crippen molar-refractivity contribution in [3.05, 3.63) is 59.8 Å². The van der Waals surface area contributed by atoms with Crippen molar-refractivity contribution in [2.45, 2.75) is 85.7 Å². The standard InChI is InChI=1S/C38H41F3N4O3/c1-21-25-6-8-35(4)26-7-9-37(33(48)45-19-28(44-20-45)22-12-24(18-43-17-22)38(39,40)41)11-10-34(2,3)15-27(37)31(26)29(46)13-30(35)36(25,5)14-23(16-42)32(21)47/h12-14,17-21,25-27,31H,6-11,15H2,1-5H3. The SMILES string of the molecule is CC1C(=O)C(C#N)=CC2(C)C3=CC(=O)C4C(CCC5(C(=O)n6cnc(-c7cncc(C(F)(F)F)c7)c6)CCC(C)(C)CC45)C3(C)CCC12. The third kappa shape index (κ3) is 4.63. The van der Waals surface area contributed by atoms with Gasteiger partial charge in [-0.15, -0.1) is 0 Å². The first-order valence-corrected chi connectivity index (χ1v) is 17.0. The number of rotatable bonds is 2. The van der Waals surface area contributed by atoms with E-state index in [9.17, 15) is 32.8 Å². The van der Waals surface area contributed by atoms with Crippen LogP contribution >= 0.6 is 0 Å². The average molecular weight is 659 g/mol. The molecule has 7 nitrogen and oxygen atoms in total. The number of carbonyl (C=O) groups is 3. The summed E-state index contributed by atoms with van der Waals surface area (Å²) in [6, 6.07) is 3.10. The third-order valence-corrected chi connectivity index (χ3v) is 13.3. The predicted octanol–water partition coefficient (Wildman–Crippen LogP) is 8.04. The molecule has 0 spiro atoms. The van der Waals surface area contributed by atoms with Gasteiger partial charge in [0, 0.05) is 41.4 Å². The van der Waals surface area contributed by atoms with Gasteiger partial charge in [0.1, 0.15) is 12.4 Å². The Morgan fingerprint density at radius 3 is 2.46 bits per heavy atom. The van der Waals surface area contributed by atoms with Crippen molar-refractivity contribution in [3.8, 4) is 17.3 Å². The summed E-state index contributed by atoms with van der Waals surface area (Å²) in [5, 5.41) is 9.83. The van der Waals surface area contributed by atoms with E-state index >= 15 is 0 Å². The molecule has 7 rings (SSSR count). The highest BCUT2D eigenvalue weighted by Gasteiger charge is 2.66. The molecule has 8 unspecified atom stereocenters. The van der Waals surface area contributed by atoms with Crippen LogP contribution in [0.1, 0.15) is 89.9 Å². The highest BCUT2D eigenvalue weighted by Crippen LogP contribution is 2.69. The second-order valence-electron chi connectivity index (χ2n) is 16.4. The maximum Gasteiger partial charge on any atom is 0.417 e. The normalized spacial score (nSPS) is 37.2. The summed E-state index contributed by atoms with van der Waals surface area (Å²) >= 11 is 0. The van der Waals surface area contributed by atoms with E-state index < -0.39 is 22.6 Å². The zero-order valence-corrected chi connectivity index (χ0v) is 28.0. The number of alkyl halides is 3. The molecule has 0 amide bonds. The van der Waals surface area contributed by atoms with Crippen molar-refractivity contribution in [1.29, 1.82) is 5.26 Å². The second-order valence-corrected chi connectivity index (χ2v) is 16.4. The number of nitrogens with zero attached hydrogens (tertiary/aromatic N) is 4. The fourth-order valence-electron chi connectivity index (χ4n) is 10.8. The molecule has 48 heavy (non-hydrogen) atoms. The van der Waals surface area contributed by atoms with Crippen LogP contribution in [0.15, 0.2) is 54.3 Å². The van der Waals surface area contributed by atoms with Crippen molar-refractivity contribution < 1.29 is 27.6 Å². The Morgan fingerprint density at radius 2 is 1.75 bits per heavy atom. The molecule has 5 aliphatic rings. The van der Waals surface area contributed by atoms with Crippen LogP contribution in [-0.2, 0) is 15.8 Å². The molecule has 252 valence electrons. The van der Waals surface area contributed by atoms with E-state index in [0.717, 1.165) is 37.1 Å². The number of carbonyl (C=O) groups excluding carboxylic acids is 3. The van der Waals surface area contributed by atoms with Gasteiger partial charge >= 0.3 is 6.18 Å². The molecule has 0 bridgehead atoms. The molecule has 2 aromatic rings. The molecule has 0 aromatic carbocycles. The summed E-state index contributed by atoms with van der Waals surface area (Å²) in [4.78, 5) is 50.3. The van der Waals surface area contributed by atoms with E-state index in [-0.39, 0.29) is 74.7 Å². The molecule has 0 saturated heterocycles. The van der Waals surface area contributed by atoms with Gasteiger partial charge in [-0.2, -0.15) is 18.4 Å². The topological polar surface area (TPSA) is 106 Å². The fourth-order valence-corrected chi connectivity index (χ4v) is 10.8. The summed E-state index contributed by atoms with van der Waals surface area (Å²) in [5.74, 6) is -1.16. The highest BCUT2D eigenvalue weighted by molar-refractivity contribution is 6.02. The summed E-state index contributed by atoms with van der Waals surface area (Å²) in [7, 11) is 0. The van der Waals surface area contributed by atoms with Gasteiger partial charge in [-0.1, -0.05) is 46.3 Å². The van der Waals surface area contributed by atoms with E-state index in [1.807, 2.05) is 19.1 Å². The number of allylic oxidation sites excluding steroid dienone is 4. The average Bonchev–Trinajstić information content (AvgIpc) is 3.53. The van der Waals surface area contributed by atoms with Crippen LogP contribution in [0.2, 0.25) is 0 Å². The first-order valence-electron chi connectivity index (χ1n) is 17.0. The molecule has 10 heteroatoms. The van der Waals surface area contributed by atoms with Gasteiger partial charge in [0.2, 0.25) is 5.91 Å². The van der Waals surface area contributed by atoms with Crippen molar-refractivity contribution in [2.75, 3.05) is 0 Å². The van der Waals surface area contributed by atoms with Gasteiger partial charge in [-0.3, -0.25) is 23.9 Å². The molecule has 8 atom stereocenters. The Hall–Kier alpha value is -3.87. The quantitative estimate of drug-likeness (QED) is 0.323. The number of pyridine rings is 1. The number of hydrogen-bond donors (Lipinski definition) is 0. The Balaban J connectivity index is 1.28. The number of Topliss-reactive ketones (excluding diaryl/α,β-unsaturated/α-hetero) is 1. The molecular weight excluding hydrogens is 617 g/mol. The second kappa shape index (κ2) is 10.6. The number of fused-ring (bicyclic) bond motifs is 7. The molecule has 3 fully saturated rings. The Bertz CT molecular complexity index is 1850. The molecule has 3 saturated carbocycles. The van der Waals surface area contributed by atoms with Crippen LogP contribution in [0.5, 0.6) is 0 Å².